The zero-order chi connectivity index (χ0) is 25.4. The van der Waals surface area contributed by atoms with E-state index in [1.54, 1.807) is 0 Å². The third-order valence-corrected chi connectivity index (χ3v) is 4.71. The highest BCUT2D eigenvalue weighted by molar-refractivity contribution is 5.81. The molecule has 0 aromatic heterocycles. The second kappa shape index (κ2) is 23.6. The van der Waals surface area contributed by atoms with Crippen LogP contribution in [0.25, 0.3) is 0 Å². The maximum Gasteiger partial charge on any atom is 0.222 e. The zero-order valence-electron chi connectivity index (χ0n) is 21.5. The van der Waals surface area contributed by atoms with E-state index in [0.717, 1.165) is 12.8 Å². The predicted molar refractivity (Wildman–Crippen MR) is 127 cm³/mol. The van der Waals surface area contributed by atoms with Gasteiger partial charge in [-0.3, -0.25) is 9.59 Å². The Bertz CT molecular complexity index is 496. The van der Waals surface area contributed by atoms with E-state index < -0.39 is 6.17 Å². The number of carbonyl (C=O) groups is 2. The molecular weight excluding hydrogens is 449 g/mol. The molecule has 0 saturated heterocycles. The summed E-state index contributed by atoms with van der Waals surface area (Å²) < 4.78 is 45.6. The molecule has 10 heteroatoms. The van der Waals surface area contributed by atoms with Crippen LogP contribution < -0.4 is 5.32 Å². The van der Waals surface area contributed by atoms with Crippen molar-refractivity contribution in [1.29, 1.82) is 0 Å². The number of ether oxygens (including phenoxy) is 6. The fraction of sp³-hybridized carbons (Fsp3) is 0.917. The second-order valence-corrected chi connectivity index (χ2v) is 8.23. The van der Waals surface area contributed by atoms with Gasteiger partial charge in [0.25, 0.3) is 0 Å². The van der Waals surface area contributed by atoms with Gasteiger partial charge in [-0.15, -0.1) is 0 Å². The number of Topliss-reactive ketones (excluding diaryl/α,β-unsaturated/α-hetero) is 1. The lowest BCUT2D eigenvalue weighted by molar-refractivity contribution is -0.127. The fourth-order valence-corrected chi connectivity index (χ4v) is 2.56. The highest BCUT2D eigenvalue weighted by atomic mass is 19.1. The Balaban J connectivity index is 3.27. The number of alkyl halides is 1. The van der Waals surface area contributed by atoms with Gasteiger partial charge in [0.2, 0.25) is 5.91 Å². The first-order valence-corrected chi connectivity index (χ1v) is 12.3. The maximum absolute atomic E-state index is 13.7. The van der Waals surface area contributed by atoms with Crippen molar-refractivity contribution in [3.05, 3.63) is 0 Å². The summed E-state index contributed by atoms with van der Waals surface area (Å²) in [7, 11) is 0. The fourth-order valence-electron chi connectivity index (χ4n) is 2.56. The number of ketones is 1. The number of amides is 1. The lowest BCUT2D eigenvalue weighted by atomic mass is 10.1. The Labute approximate surface area is 204 Å². The number of hydrogen-bond donors (Lipinski definition) is 1. The minimum absolute atomic E-state index is 0.00994. The molecule has 34 heavy (non-hydrogen) atoms. The average Bonchev–Trinajstić information content (AvgIpc) is 2.81. The van der Waals surface area contributed by atoms with Gasteiger partial charge in [0.05, 0.1) is 79.2 Å². The molecule has 0 aliphatic carbocycles. The van der Waals surface area contributed by atoms with Gasteiger partial charge in [0.1, 0.15) is 12.8 Å². The highest BCUT2D eigenvalue weighted by Gasteiger charge is 2.14. The van der Waals surface area contributed by atoms with Crippen molar-refractivity contribution in [2.45, 2.75) is 46.7 Å². The molecule has 202 valence electrons. The van der Waals surface area contributed by atoms with Crippen molar-refractivity contribution in [3.63, 3.8) is 0 Å². The maximum atomic E-state index is 13.7. The largest absolute Gasteiger partial charge is 0.377 e. The Morgan fingerprint density at radius 1 is 0.735 bits per heavy atom. The standard InChI is InChI=1S/C24H46FNO8/c1-5-6-21(4)24(28)26-17-22(25)18-33-15-13-31-11-9-29-7-8-30-10-12-32-14-16-34-19-23(27)20(2)3/h20-22H,5-19H2,1-4H3,(H,26,28). The van der Waals surface area contributed by atoms with Crippen molar-refractivity contribution in [2.75, 3.05) is 85.8 Å². The van der Waals surface area contributed by atoms with E-state index in [1.807, 2.05) is 27.7 Å². The summed E-state index contributed by atoms with van der Waals surface area (Å²) in [5, 5.41) is 2.61. The summed E-state index contributed by atoms with van der Waals surface area (Å²) in [5.74, 6) is -0.143. The van der Waals surface area contributed by atoms with Gasteiger partial charge in [-0.05, 0) is 6.42 Å². The van der Waals surface area contributed by atoms with Crippen LogP contribution in [0.4, 0.5) is 4.39 Å². The third kappa shape index (κ3) is 21.4. The van der Waals surface area contributed by atoms with Crippen molar-refractivity contribution in [3.8, 4) is 0 Å². The quantitative estimate of drug-likeness (QED) is 0.192. The van der Waals surface area contributed by atoms with Crippen LogP contribution in [0.3, 0.4) is 0 Å². The zero-order valence-corrected chi connectivity index (χ0v) is 21.5. The summed E-state index contributed by atoms with van der Waals surface area (Å²) in [6, 6.07) is 0. The molecule has 0 fully saturated rings. The molecule has 0 aromatic rings. The van der Waals surface area contributed by atoms with Crippen LogP contribution in [-0.4, -0.2) is 104 Å². The second-order valence-electron chi connectivity index (χ2n) is 8.23. The summed E-state index contributed by atoms with van der Waals surface area (Å²) in [6.07, 6.45) is 0.482. The van der Waals surface area contributed by atoms with E-state index in [4.69, 9.17) is 28.4 Å². The van der Waals surface area contributed by atoms with Crippen molar-refractivity contribution < 1.29 is 42.4 Å². The molecule has 0 heterocycles. The minimum atomic E-state index is -1.24. The van der Waals surface area contributed by atoms with Gasteiger partial charge in [0.15, 0.2) is 5.78 Å². The Hall–Kier alpha value is -1.17. The van der Waals surface area contributed by atoms with Gasteiger partial charge in [-0.25, -0.2) is 4.39 Å². The molecule has 0 aromatic carbocycles. The molecule has 0 aliphatic heterocycles. The summed E-state index contributed by atoms with van der Waals surface area (Å²) in [4.78, 5) is 23.1. The van der Waals surface area contributed by atoms with Gasteiger partial charge < -0.3 is 33.7 Å². The first-order valence-electron chi connectivity index (χ1n) is 12.3. The van der Waals surface area contributed by atoms with Crippen LogP contribution in [-0.2, 0) is 38.0 Å². The molecule has 9 nitrogen and oxygen atoms in total. The van der Waals surface area contributed by atoms with E-state index >= 15 is 0 Å². The number of carbonyl (C=O) groups excluding carboxylic acids is 2. The first-order chi connectivity index (χ1) is 16.4. The number of halogens is 1. The highest BCUT2D eigenvalue weighted by Crippen LogP contribution is 2.04. The summed E-state index contributed by atoms with van der Waals surface area (Å²) in [5.41, 5.74) is 0. The predicted octanol–water partition coefficient (Wildman–Crippen LogP) is 2.20. The minimum Gasteiger partial charge on any atom is -0.377 e. The van der Waals surface area contributed by atoms with Gasteiger partial charge >= 0.3 is 0 Å². The molecule has 0 spiro atoms. The Morgan fingerprint density at radius 3 is 1.62 bits per heavy atom. The van der Waals surface area contributed by atoms with E-state index in [-0.39, 0.29) is 49.9 Å². The lowest BCUT2D eigenvalue weighted by Gasteiger charge is -2.14. The normalized spacial score (nSPS) is 13.2. The average molecular weight is 496 g/mol. The molecule has 2 atom stereocenters. The molecule has 1 N–H and O–H groups in total. The topological polar surface area (TPSA) is 102 Å². The molecule has 0 aliphatic rings. The third-order valence-electron chi connectivity index (χ3n) is 4.71. The molecular formula is C24H46FNO8. The first kappa shape index (κ1) is 32.8. The van der Waals surface area contributed by atoms with Crippen molar-refractivity contribution in [1.82, 2.24) is 5.32 Å². The van der Waals surface area contributed by atoms with Crippen LogP contribution in [0, 0.1) is 11.8 Å². The van der Waals surface area contributed by atoms with Crippen LogP contribution in [0.15, 0.2) is 0 Å². The van der Waals surface area contributed by atoms with Crippen LogP contribution >= 0.6 is 0 Å². The Kier molecular flexibility index (Phi) is 22.8. The van der Waals surface area contributed by atoms with Crippen LogP contribution in [0.1, 0.15) is 40.5 Å². The van der Waals surface area contributed by atoms with Crippen LogP contribution in [0.5, 0.6) is 0 Å². The van der Waals surface area contributed by atoms with Gasteiger partial charge in [-0.2, -0.15) is 0 Å². The molecule has 0 radical (unpaired) electrons. The summed E-state index contributed by atoms with van der Waals surface area (Å²) >= 11 is 0. The van der Waals surface area contributed by atoms with Crippen molar-refractivity contribution >= 4 is 11.7 Å². The molecule has 0 saturated carbocycles. The van der Waals surface area contributed by atoms with E-state index in [2.05, 4.69) is 5.32 Å². The number of rotatable bonds is 25. The number of hydrogen-bond acceptors (Lipinski definition) is 8. The van der Waals surface area contributed by atoms with E-state index in [0.29, 0.717) is 59.5 Å². The van der Waals surface area contributed by atoms with E-state index in [9.17, 15) is 14.0 Å². The lowest BCUT2D eigenvalue weighted by Crippen LogP contribution is -2.35. The van der Waals surface area contributed by atoms with Crippen LogP contribution in [0.2, 0.25) is 0 Å². The Morgan fingerprint density at radius 2 is 1.18 bits per heavy atom. The molecule has 0 rings (SSSR count). The molecule has 0 bridgehead atoms. The molecule has 2 unspecified atom stereocenters. The van der Waals surface area contributed by atoms with Gasteiger partial charge in [0, 0.05) is 11.8 Å². The van der Waals surface area contributed by atoms with Gasteiger partial charge in [-0.1, -0.05) is 34.1 Å². The molecule has 1 amide bonds. The van der Waals surface area contributed by atoms with Crippen molar-refractivity contribution in [2.24, 2.45) is 11.8 Å². The SMILES string of the molecule is CCCC(C)C(=O)NCC(F)COCCOCCOCCOCCOCCOCC(=O)C(C)C. The number of nitrogens with one attached hydrogen (secondary N) is 1. The van der Waals surface area contributed by atoms with E-state index in [1.165, 1.54) is 0 Å². The summed E-state index contributed by atoms with van der Waals surface area (Å²) in [6.45, 7) is 11.7. The smallest absolute Gasteiger partial charge is 0.222 e. The monoisotopic (exact) mass is 495 g/mol.